The van der Waals surface area contributed by atoms with Gasteiger partial charge in [-0.3, -0.25) is 0 Å². The number of alkyl carbamates (subject to hydrolysis) is 1. The molecule has 0 aliphatic heterocycles. The number of phenolic OH excluding ortho intramolecular Hbond substituents is 1. The highest BCUT2D eigenvalue weighted by Gasteiger charge is 2.43. The summed E-state index contributed by atoms with van der Waals surface area (Å²) in [6.07, 6.45) is 0.133. The number of rotatable bonds is 6. The first kappa shape index (κ1) is 19.5. The molecule has 1 aliphatic carbocycles. The number of aromatic hydroxyl groups is 1. The van der Waals surface area contributed by atoms with Crippen molar-refractivity contribution in [2.75, 3.05) is 6.61 Å². The summed E-state index contributed by atoms with van der Waals surface area (Å²) in [6, 6.07) is 4.11. The van der Waals surface area contributed by atoms with Gasteiger partial charge in [0.15, 0.2) is 11.6 Å². The summed E-state index contributed by atoms with van der Waals surface area (Å²) < 4.78 is 24.4. The second-order valence-electron chi connectivity index (χ2n) is 7.14. The lowest BCUT2D eigenvalue weighted by atomic mass is 9.82. The van der Waals surface area contributed by atoms with Crippen molar-refractivity contribution in [3.8, 4) is 5.75 Å². The molecule has 25 heavy (non-hydrogen) atoms. The van der Waals surface area contributed by atoms with E-state index < -0.39 is 17.5 Å². The smallest absolute Gasteiger partial charge is 0.407 e. The topological polar surface area (TPSA) is 79.8 Å². The summed E-state index contributed by atoms with van der Waals surface area (Å²) >= 11 is 0. The number of hydrogen-bond acceptors (Lipinski definition) is 5. The normalized spacial score (nSPS) is 23.0. The lowest BCUT2D eigenvalue weighted by Gasteiger charge is -2.45. The molecule has 0 radical (unpaired) electrons. The van der Waals surface area contributed by atoms with Crippen LogP contribution in [0.2, 0.25) is 0 Å². The minimum atomic E-state index is -0.655. The maximum absolute atomic E-state index is 13.4. The van der Waals surface area contributed by atoms with Crippen LogP contribution in [-0.4, -0.2) is 41.6 Å². The molecule has 0 saturated heterocycles. The molecule has 0 aromatic heterocycles. The number of benzene rings is 1. The van der Waals surface area contributed by atoms with E-state index >= 15 is 0 Å². The number of phenols is 1. The lowest BCUT2D eigenvalue weighted by molar-refractivity contribution is -0.0438. The first-order valence-electron chi connectivity index (χ1n) is 8.52. The van der Waals surface area contributed by atoms with Crippen LogP contribution >= 0.6 is 0 Å². The molecule has 3 unspecified atom stereocenters. The van der Waals surface area contributed by atoms with Gasteiger partial charge in [-0.1, -0.05) is 12.1 Å². The molecule has 1 amide bonds. The molecule has 7 heteroatoms. The zero-order valence-electron chi connectivity index (χ0n) is 15.1. The Morgan fingerprint density at radius 1 is 1.40 bits per heavy atom. The van der Waals surface area contributed by atoms with Gasteiger partial charge in [0.2, 0.25) is 0 Å². The van der Waals surface area contributed by atoms with Crippen LogP contribution in [0.3, 0.4) is 0 Å². The van der Waals surface area contributed by atoms with Gasteiger partial charge in [0, 0.05) is 18.7 Å². The van der Waals surface area contributed by atoms with Crippen molar-refractivity contribution in [2.45, 2.75) is 64.4 Å². The average Bonchev–Trinajstić information content (AvgIpc) is 2.48. The van der Waals surface area contributed by atoms with Crippen molar-refractivity contribution in [3.05, 3.63) is 29.6 Å². The number of ether oxygens (including phenoxy) is 2. The summed E-state index contributed by atoms with van der Waals surface area (Å²) in [5.41, 5.74) is -0.109. The predicted molar refractivity (Wildman–Crippen MR) is 91.9 cm³/mol. The Bertz CT molecular complexity index is 603. The van der Waals surface area contributed by atoms with Crippen molar-refractivity contribution >= 4 is 6.09 Å². The monoisotopic (exact) mass is 354 g/mol. The Kier molecular flexibility index (Phi) is 6.24. The van der Waals surface area contributed by atoms with Crippen molar-refractivity contribution in [1.82, 2.24) is 10.6 Å². The van der Waals surface area contributed by atoms with E-state index in [1.54, 1.807) is 32.9 Å². The molecule has 1 aromatic rings. The molecule has 1 aromatic carbocycles. The fourth-order valence-electron chi connectivity index (χ4n) is 2.80. The van der Waals surface area contributed by atoms with Gasteiger partial charge >= 0.3 is 6.09 Å². The molecule has 140 valence electrons. The zero-order valence-corrected chi connectivity index (χ0v) is 15.1. The molecule has 0 heterocycles. The van der Waals surface area contributed by atoms with Gasteiger partial charge in [-0.15, -0.1) is 0 Å². The van der Waals surface area contributed by atoms with Gasteiger partial charge in [-0.05, 0) is 40.2 Å². The molecule has 1 fully saturated rings. The van der Waals surface area contributed by atoms with Crippen LogP contribution in [0.25, 0.3) is 0 Å². The van der Waals surface area contributed by atoms with E-state index in [0.29, 0.717) is 18.6 Å². The van der Waals surface area contributed by atoms with Crippen LogP contribution in [0, 0.1) is 5.82 Å². The van der Waals surface area contributed by atoms with E-state index in [4.69, 9.17) is 9.47 Å². The van der Waals surface area contributed by atoms with Gasteiger partial charge in [-0.2, -0.15) is 0 Å². The highest BCUT2D eigenvalue weighted by Crippen LogP contribution is 2.27. The minimum absolute atomic E-state index is 0.0550. The molecular formula is C18H27FN2O4. The van der Waals surface area contributed by atoms with Crippen molar-refractivity contribution in [1.29, 1.82) is 0 Å². The summed E-state index contributed by atoms with van der Waals surface area (Å²) in [5.74, 6) is -1.02. The maximum Gasteiger partial charge on any atom is 0.407 e. The van der Waals surface area contributed by atoms with E-state index in [0.717, 1.165) is 0 Å². The SMILES string of the molecule is CCOC1CC(NC(=O)OC(C)(C)C)C1NCc1cccc(F)c1O. The third-order valence-electron chi connectivity index (χ3n) is 4.00. The Labute approximate surface area is 147 Å². The molecule has 1 saturated carbocycles. The van der Waals surface area contributed by atoms with Gasteiger partial charge in [0.05, 0.1) is 18.2 Å². The Balaban J connectivity index is 1.95. The molecule has 1 aliphatic rings. The number of nitrogens with one attached hydrogen (secondary N) is 2. The molecule has 0 spiro atoms. The number of hydrogen-bond donors (Lipinski definition) is 3. The van der Waals surface area contributed by atoms with E-state index in [9.17, 15) is 14.3 Å². The third-order valence-corrected chi connectivity index (χ3v) is 4.00. The van der Waals surface area contributed by atoms with Crippen molar-refractivity contribution in [2.24, 2.45) is 0 Å². The van der Waals surface area contributed by atoms with Crippen LogP contribution in [0.1, 0.15) is 39.7 Å². The fraction of sp³-hybridized carbons (Fsp3) is 0.611. The van der Waals surface area contributed by atoms with Crippen LogP contribution in [0.15, 0.2) is 18.2 Å². The van der Waals surface area contributed by atoms with Gasteiger partial charge < -0.3 is 25.2 Å². The van der Waals surface area contributed by atoms with Gasteiger partial charge in [-0.25, -0.2) is 9.18 Å². The number of halogens is 1. The first-order chi connectivity index (χ1) is 11.7. The van der Waals surface area contributed by atoms with Gasteiger partial charge in [0.1, 0.15) is 5.60 Å². The van der Waals surface area contributed by atoms with Gasteiger partial charge in [0.25, 0.3) is 0 Å². The molecule has 3 atom stereocenters. The summed E-state index contributed by atoms with van der Waals surface area (Å²) in [7, 11) is 0. The van der Waals surface area contributed by atoms with Crippen molar-refractivity contribution < 1.29 is 23.8 Å². The number of para-hydroxylation sites is 1. The quantitative estimate of drug-likeness (QED) is 0.732. The molecule has 2 rings (SSSR count). The summed E-state index contributed by atoms with van der Waals surface area (Å²) in [5, 5.41) is 15.8. The van der Waals surface area contributed by atoms with E-state index in [-0.39, 0.29) is 30.5 Å². The highest BCUT2D eigenvalue weighted by atomic mass is 19.1. The summed E-state index contributed by atoms with van der Waals surface area (Å²) in [6.45, 7) is 8.15. The molecular weight excluding hydrogens is 327 g/mol. The van der Waals surface area contributed by atoms with Crippen LogP contribution < -0.4 is 10.6 Å². The van der Waals surface area contributed by atoms with E-state index in [1.165, 1.54) is 6.07 Å². The number of amides is 1. The second-order valence-corrected chi connectivity index (χ2v) is 7.14. The minimum Gasteiger partial charge on any atom is -0.505 e. The largest absolute Gasteiger partial charge is 0.505 e. The molecule has 3 N–H and O–H groups in total. The number of carbonyl (C=O) groups is 1. The lowest BCUT2D eigenvalue weighted by Crippen LogP contribution is -2.66. The third kappa shape index (κ3) is 5.31. The Morgan fingerprint density at radius 3 is 2.76 bits per heavy atom. The summed E-state index contributed by atoms with van der Waals surface area (Å²) in [4.78, 5) is 12.0. The zero-order chi connectivity index (χ0) is 18.6. The predicted octanol–water partition coefficient (Wildman–Crippen LogP) is 2.69. The van der Waals surface area contributed by atoms with Crippen LogP contribution in [0.5, 0.6) is 5.75 Å². The maximum atomic E-state index is 13.4. The molecule has 0 bridgehead atoms. The Hall–Kier alpha value is -1.86. The van der Waals surface area contributed by atoms with E-state index in [1.807, 2.05) is 6.92 Å². The molecule has 6 nitrogen and oxygen atoms in total. The standard InChI is InChI=1S/C18H27FN2O4/c1-5-24-14-9-13(21-17(23)25-18(2,3)4)15(14)20-10-11-7-6-8-12(19)16(11)22/h6-8,13-15,20,22H,5,9-10H2,1-4H3,(H,21,23). The van der Waals surface area contributed by atoms with Crippen LogP contribution in [-0.2, 0) is 16.0 Å². The fourth-order valence-corrected chi connectivity index (χ4v) is 2.80. The average molecular weight is 354 g/mol. The first-order valence-corrected chi connectivity index (χ1v) is 8.52. The van der Waals surface area contributed by atoms with Crippen molar-refractivity contribution in [3.63, 3.8) is 0 Å². The second kappa shape index (κ2) is 8.01. The Morgan fingerprint density at radius 2 is 2.12 bits per heavy atom. The van der Waals surface area contributed by atoms with E-state index in [2.05, 4.69) is 10.6 Å². The highest BCUT2D eigenvalue weighted by molar-refractivity contribution is 5.68. The van der Waals surface area contributed by atoms with Crippen LogP contribution in [0.4, 0.5) is 9.18 Å². The number of carbonyl (C=O) groups excluding carboxylic acids is 1.